The van der Waals surface area contributed by atoms with Crippen molar-refractivity contribution in [2.75, 3.05) is 39.3 Å². The predicted octanol–water partition coefficient (Wildman–Crippen LogP) is 3.13. The molecule has 2 aliphatic heterocycles. The highest BCUT2D eigenvalue weighted by atomic mass is 19.1. The van der Waals surface area contributed by atoms with Crippen LogP contribution in [0.25, 0.3) is 0 Å². The molecule has 2 heterocycles. The van der Waals surface area contributed by atoms with Crippen LogP contribution in [0.15, 0.2) is 0 Å². The fourth-order valence-corrected chi connectivity index (χ4v) is 3.71. The maximum atomic E-state index is 14.9. The first-order valence-electron chi connectivity index (χ1n) is 8.21. The van der Waals surface area contributed by atoms with Gasteiger partial charge in [0.25, 0.3) is 0 Å². The standard InChI is InChI=1S/C16H30F2N2/c1-4-19-9-6-16(18,7-10-19)12-20-8-5-14(13(2)3)15(17)11-20/h13-15H,4-12H2,1-3H3. The van der Waals surface area contributed by atoms with Crippen LogP contribution in [0.5, 0.6) is 0 Å². The summed E-state index contributed by atoms with van der Waals surface area (Å²) in [6, 6.07) is 0. The van der Waals surface area contributed by atoms with Crippen molar-refractivity contribution in [3.8, 4) is 0 Å². The van der Waals surface area contributed by atoms with Crippen LogP contribution in [0, 0.1) is 11.8 Å². The number of likely N-dealkylation sites (tertiary alicyclic amines) is 2. The lowest BCUT2D eigenvalue weighted by atomic mass is 9.84. The van der Waals surface area contributed by atoms with Crippen molar-refractivity contribution >= 4 is 0 Å². The van der Waals surface area contributed by atoms with Crippen molar-refractivity contribution in [3.63, 3.8) is 0 Å². The quantitative estimate of drug-likeness (QED) is 0.784. The summed E-state index contributed by atoms with van der Waals surface area (Å²) in [5.74, 6) is 0.544. The average molecular weight is 288 g/mol. The third-order valence-corrected chi connectivity index (χ3v) is 5.24. The van der Waals surface area contributed by atoms with E-state index in [-0.39, 0.29) is 5.92 Å². The van der Waals surface area contributed by atoms with Crippen LogP contribution < -0.4 is 0 Å². The molecule has 2 aliphatic rings. The number of rotatable bonds is 4. The second-order valence-corrected chi connectivity index (χ2v) is 7.03. The molecule has 0 N–H and O–H groups in total. The molecule has 0 saturated carbocycles. The molecule has 2 unspecified atom stereocenters. The Morgan fingerprint density at radius 2 is 1.80 bits per heavy atom. The van der Waals surface area contributed by atoms with Crippen LogP contribution in [-0.2, 0) is 0 Å². The van der Waals surface area contributed by atoms with Gasteiger partial charge in [0.2, 0.25) is 0 Å². The second kappa shape index (κ2) is 6.69. The van der Waals surface area contributed by atoms with Gasteiger partial charge in [-0.3, -0.25) is 4.90 Å². The summed E-state index contributed by atoms with van der Waals surface area (Å²) in [6.07, 6.45) is 1.28. The molecule has 0 spiro atoms. The van der Waals surface area contributed by atoms with Crippen molar-refractivity contribution < 1.29 is 8.78 Å². The van der Waals surface area contributed by atoms with E-state index in [0.717, 1.165) is 32.6 Å². The predicted molar refractivity (Wildman–Crippen MR) is 79.5 cm³/mol. The molecule has 118 valence electrons. The molecule has 0 aromatic heterocycles. The van der Waals surface area contributed by atoms with Crippen LogP contribution in [-0.4, -0.2) is 60.9 Å². The molecule has 0 amide bonds. The lowest BCUT2D eigenvalue weighted by molar-refractivity contribution is -0.00747. The van der Waals surface area contributed by atoms with Crippen LogP contribution in [0.4, 0.5) is 8.78 Å². The topological polar surface area (TPSA) is 6.48 Å². The van der Waals surface area contributed by atoms with Crippen molar-refractivity contribution in [3.05, 3.63) is 0 Å². The normalized spacial score (nSPS) is 32.7. The zero-order valence-corrected chi connectivity index (χ0v) is 13.2. The highest BCUT2D eigenvalue weighted by Gasteiger charge is 2.39. The number of alkyl halides is 2. The van der Waals surface area contributed by atoms with Gasteiger partial charge < -0.3 is 4.90 Å². The van der Waals surface area contributed by atoms with Gasteiger partial charge in [-0.15, -0.1) is 0 Å². The van der Waals surface area contributed by atoms with E-state index in [9.17, 15) is 8.78 Å². The third kappa shape index (κ3) is 3.91. The first-order chi connectivity index (χ1) is 9.43. The van der Waals surface area contributed by atoms with E-state index in [1.807, 2.05) is 4.90 Å². The molecular weight excluding hydrogens is 258 g/mol. The minimum atomic E-state index is -1.10. The Morgan fingerprint density at radius 1 is 1.15 bits per heavy atom. The summed E-state index contributed by atoms with van der Waals surface area (Å²) < 4.78 is 29.0. The Morgan fingerprint density at radius 3 is 2.30 bits per heavy atom. The minimum Gasteiger partial charge on any atom is -0.303 e. The Balaban J connectivity index is 1.82. The lowest BCUT2D eigenvalue weighted by Gasteiger charge is -2.42. The van der Waals surface area contributed by atoms with Crippen molar-refractivity contribution in [2.24, 2.45) is 11.8 Å². The zero-order chi connectivity index (χ0) is 14.8. The van der Waals surface area contributed by atoms with Gasteiger partial charge in [0.15, 0.2) is 0 Å². The number of halogens is 2. The molecule has 0 bridgehead atoms. The van der Waals surface area contributed by atoms with E-state index in [4.69, 9.17) is 0 Å². The molecular formula is C16H30F2N2. The summed E-state index contributed by atoms with van der Waals surface area (Å²) >= 11 is 0. The fourth-order valence-electron chi connectivity index (χ4n) is 3.71. The molecule has 20 heavy (non-hydrogen) atoms. The Hall–Kier alpha value is -0.220. The summed E-state index contributed by atoms with van der Waals surface area (Å²) in [4.78, 5) is 4.31. The molecule has 0 aromatic rings. The van der Waals surface area contributed by atoms with Gasteiger partial charge in [0.05, 0.1) is 0 Å². The number of hydrogen-bond donors (Lipinski definition) is 0. The highest BCUT2D eigenvalue weighted by Crippen LogP contribution is 2.32. The maximum Gasteiger partial charge on any atom is 0.126 e. The Labute approximate surface area is 122 Å². The van der Waals surface area contributed by atoms with Gasteiger partial charge in [0, 0.05) is 26.2 Å². The minimum absolute atomic E-state index is 0.156. The van der Waals surface area contributed by atoms with Crippen LogP contribution in [0.3, 0.4) is 0 Å². The first-order valence-corrected chi connectivity index (χ1v) is 8.21. The first kappa shape index (κ1) is 16.2. The van der Waals surface area contributed by atoms with Crippen LogP contribution in [0.2, 0.25) is 0 Å². The van der Waals surface area contributed by atoms with Gasteiger partial charge >= 0.3 is 0 Å². The van der Waals surface area contributed by atoms with Gasteiger partial charge in [-0.05, 0) is 44.2 Å². The molecule has 2 rings (SSSR count). The number of hydrogen-bond acceptors (Lipinski definition) is 2. The SMILES string of the molecule is CCN1CCC(F)(CN2CCC(C(C)C)C(F)C2)CC1. The summed E-state index contributed by atoms with van der Waals surface area (Å²) in [5.41, 5.74) is -1.10. The van der Waals surface area contributed by atoms with Crippen molar-refractivity contribution in [1.82, 2.24) is 9.80 Å². The van der Waals surface area contributed by atoms with Crippen LogP contribution in [0.1, 0.15) is 40.0 Å². The molecule has 2 saturated heterocycles. The van der Waals surface area contributed by atoms with Gasteiger partial charge in [-0.2, -0.15) is 0 Å². The van der Waals surface area contributed by atoms with Gasteiger partial charge in [-0.1, -0.05) is 20.8 Å². The van der Waals surface area contributed by atoms with Crippen molar-refractivity contribution in [1.29, 1.82) is 0 Å². The molecule has 4 heteroatoms. The van der Waals surface area contributed by atoms with E-state index in [1.165, 1.54) is 0 Å². The second-order valence-electron chi connectivity index (χ2n) is 7.03. The lowest BCUT2D eigenvalue weighted by Crippen LogP contribution is -2.52. The Kier molecular flexibility index (Phi) is 5.41. The van der Waals surface area contributed by atoms with Crippen molar-refractivity contribution in [2.45, 2.75) is 51.9 Å². The van der Waals surface area contributed by atoms with E-state index >= 15 is 0 Å². The Bertz CT molecular complexity index is 301. The van der Waals surface area contributed by atoms with E-state index < -0.39 is 11.8 Å². The smallest absolute Gasteiger partial charge is 0.126 e. The monoisotopic (exact) mass is 288 g/mol. The van der Waals surface area contributed by atoms with E-state index in [0.29, 0.717) is 31.8 Å². The zero-order valence-electron chi connectivity index (χ0n) is 13.2. The van der Waals surface area contributed by atoms with Crippen LogP contribution >= 0.6 is 0 Å². The largest absolute Gasteiger partial charge is 0.303 e. The average Bonchev–Trinajstić information content (AvgIpc) is 2.39. The number of piperidine rings is 2. The van der Waals surface area contributed by atoms with Gasteiger partial charge in [0.1, 0.15) is 11.8 Å². The molecule has 2 atom stereocenters. The molecule has 0 aromatic carbocycles. The molecule has 0 aliphatic carbocycles. The summed E-state index contributed by atoms with van der Waals surface area (Å²) in [6.45, 7) is 10.7. The highest BCUT2D eigenvalue weighted by molar-refractivity contribution is 4.91. The fraction of sp³-hybridized carbons (Fsp3) is 1.00. The third-order valence-electron chi connectivity index (χ3n) is 5.24. The summed E-state index contributed by atoms with van der Waals surface area (Å²) in [5, 5.41) is 0. The molecule has 2 nitrogen and oxygen atoms in total. The summed E-state index contributed by atoms with van der Waals surface area (Å²) in [7, 11) is 0. The van der Waals surface area contributed by atoms with E-state index in [2.05, 4.69) is 25.7 Å². The number of nitrogens with zero attached hydrogens (tertiary/aromatic N) is 2. The molecule has 0 radical (unpaired) electrons. The molecule has 2 fully saturated rings. The van der Waals surface area contributed by atoms with E-state index in [1.54, 1.807) is 0 Å². The van der Waals surface area contributed by atoms with Gasteiger partial charge in [-0.25, -0.2) is 8.78 Å². The maximum absolute atomic E-state index is 14.9.